The number of nitrogens with one attached hydrogen (secondary N) is 2. The van der Waals surface area contributed by atoms with E-state index in [1.54, 1.807) is 19.1 Å². The van der Waals surface area contributed by atoms with Crippen molar-refractivity contribution in [3.05, 3.63) is 84.2 Å². The van der Waals surface area contributed by atoms with Crippen LogP contribution in [0.3, 0.4) is 0 Å². The lowest BCUT2D eigenvalue weighted by molar-refractivity contribution is 0.483. The minimum absolute atomic E-state index is 0.268. The molecule has 0 amide bonds. The number of rotatable bonds is 4. The van der Waals surface area contributed by atoms with Crippen molar-refractivity contribution in [2.24, 2.45) is 0 Å². The second-order valence-electron chi connectivity index (χ2n) is 5.48. The largest absolute Gasteiger partial charge is 0.457 e. The molecule has 3 nitrogen and oxygen atoms in total. The fourth-order valence-corrected chi connectivity index (χ4v) is 2.43. The Morgan fingerprint density at radius 1 is 0.840 bits per heavy atom. The van der Waals surface area contributed by atoms with Gasteiger partial charge in [-0.2, -0.15) is 0 Å². The number of aryl methyl sites for hydroxylation is 1. The summed E-state index contributed by atoms with van der Waals surface area (Å²) in [6.07, 6.45) is 0. The lowest BCUT2D eigenvalue weighted by Gasteiger charge is -2.12. The van der Waals surface area contributed by atoms with Crippen molar-refractivity contribution in [2.45, 2.75) is 6.92 Å². The minimum atomic E-state index is -0.268. The van der Waals surface area contributed by atoms with Gasteiger partial charge in [0.05, 0.1) is 0 Å². The molecule has 0 saturated heterocycles. The number of hydrogen-bond donors (Lipinski definition) is 2. The first-order valence-electron chi connectivity index (χ1n) is 7.77. The average Bonchev–Trinajstić information content (AvgIpc) is 2.61. The summed E-state index contributed by atoms with van der Waals surface area (Å²) < 4.78 is 19.3. The van der Waals surface area contributed by atoms with E-state index in [2.05, 4.69) is 10.6 Å². The molecule has 0 fully saturated rings. The van der Waals surface area contributed by atoms with Crippen LogP contribution in [0.1, 0.15) is 5.56 Å². The summed E-state index contributed by atoms with van der Waals surface area (Å²) >= 11 is 5.26. The Labute approximate surface area is 151 Å². The Balaban J connectivity index is 1.59. The van der Waals surface area contributed by atoms with Gasteiger partial charge in [0.2, 0.25) is 0 Å². The van der Waals surface area contributed by atoms with E-state index in [-0.39, 0.29) is 5.82 Å². The molecule has 0 unspecified atom stereocenters. The summed E-state index contributed by atoms with van der Waals surface area (Å²) in [7, 11) is 0. The Bertz CT molecular complexity index is 867. The van der Waals surface area contributed by atoms with Crippen LogP contribution in [-0.4, -0.2) is 5.11 Å². The molecule has 0 aliphatic heterocycles. The van der Waals surface area contributed by atoms with Crippen LogP contribution in [0.5, 0.6) is 11.5 Å². The highest BCUT2D eigenvalue weighted by molar-refractivity contribution is 7.80. The minimum Gasteiger partial charge on any atom is -0.457 e. The van der Waals surface area contributed by atoms with Gasteiger partial charge >= 0.3 is 0 Å². The van der Waals surface area contributed by atoms with Crippen molar-refractivity contribution < 1.29 is 9.13 Å². The van der Waals surface area contributed by atoms with Gasteiger partial charge < -0.3 is 15.4 Å². The van der Waals surface area contributed by atoms with Crippen LogP contribution in [0.2, 0.25) is 0 Å². The van der Waals surface area contributed by atoms with Crippen LogP contribution in [0, 0.1) is 12.7 Å². The summed E-state index contributed by atoms with van der Waals surface area (Å²) in [5, 5.41) is 6.41. The van der Waals surface area contributed by atoms with Gasteiger partial charge in [0.25, 0.3) is 0 Å². The fraction of sp³-hybridized carbons (Fsp3) is 0.0500. The van der Waals surface area contributed by atoms with E-state index >= 15 is 0 Å². The van der Waals surface area contributed by atoms with Gasteiger partial charge in [-0.05, 0) is 73.2 Å². The van der Waals surface area contributed by atoms with Crippen LogP contribution in [-0.2, 0) is 0 Å². The zero-order valence-electron chi connectivity index (χ0n) is 13.6. The van der Waals surface area contributed by atoms with E-state index in [0.717, 1.165) is 17.2 Å². The van der Waals surface area contributed by atoms with E-state index < -0.39 is 0 Å². The smallest absolute Gasteiger partial charge is 0.175 e. The van der Waals surface area contributed by atoms with Crippen molar-refractivity contribution in [3.8, 4) is 11.5 Å². The van der Waals surface area contributed by atoms with Gasteiger partial charge in [0, 0.05) is 11.4 Å². The number of thiocarbonyl (C=S) groups is 1. The molecular formula is C20H17FN2OS. The Kier molecular flexibility index (Phi) is 5.26. The number of hydrogen-bond acceptors (Lipinski definition) is 2. The van der Waals surface area contributed by atoms with Crippen LogP contribution in [0.15, 0.2) is 72.8 Å². The van der Waals surface area contributed by atoms with Gasteiger partial charge in [0.15, 0.2) is 5.11 Å². The van der Waals surface area contributed by atoms with Gasteiger partial charge in [-0.1, -0.05) is 24.3 Å². The first-order chi connectivity index (χ1) is 12.1. The molecule has 0 atom stereocenters. The van der Waals surface area contributed by atoms with Crippen molar-refractivity contribution in [1.29, 1.82) is 0 Å². The standard InChI is InChI=1S/C20H17FN2OS/c1-14-7-8-16(13-19(14)21)23-20(25)22-15-9-11-18(12-10-15)24-17-5-3-2-4-6-17/h2-13H,1H3,(H2,22,23,25). The molecule has 126 valence electrons. The van der Waals surface area contributed by atoms with Crippen LogP contribution in [0.25, 0.3) is 0 Å². The molecule has 0 aliphatic carbocycles. The zero-order valence-corrected chi connectivity index (χ0v) is 14.4. The third kappa shape index (κ3) is 4.78. The Hall–Kier alpha value is -2.92. The summed E-state index contributed by atoms with van der Waals surface area (Å²) in [6.45, 7) is 1.72. The molecule has 0 aliphatic rings. The normalized spacial score (nSPS) is 10.2. The highest BCUT2D eigenvalue weighted by atomic mass is 32.1. The monoisotopic (exact) mass is 352 g/mol. The van der Waals surface area contributed by atoms with E-state index in [4.69, 9.17) is 17.0 Å². The molecule has 25 heavy (non-hydrogen) atoms. The molecule has 0 radical (unpaired) electrons. The molecule has 3 rings (SSSR count). The first-order valence-corrected chi connectivity index (χ1v) is 8.18. The maximum absolute atomic E-state index is 13.6. The summed E-state index contributed by atoms with van der Waals surface area (Å²) in [5.74, 6) is 1.24. The molecule has 0 saturated carbocycles. The maximum Gasteiger partial charge on any atom is 0.175 e. The van der Waals surface area contributed by atoms with Crippen LogP contribution >= 0.6 is 12.2 Å². The molecule has 0 spiro atoms. The molecule has 5 heteroatoms. The summed E-state index contributed by atoms with van der Waals surface area (Å²) in [4.78, 5) is 0. The van der Waals surface area contributed by atoms with E-state index in [1.807, 2.05) is 54.6 Å². The van der Waals surface area contributed by atoms with Crippen LogP contribution in [0.4, 0.5) is 15.8 Å². The third-order valence-electron chi connectivity index (χ3n) is 3.52. The quantitative estimate of drug-likeness (QED) is 0.587. The number of para-hydroxylation sites is 1. The van der Waals surface area contributed by atoms with Crippen molar-refractivity contribution >= 4 is 28.7 Å². The molecular weight excluding hydrogens is 335 g/mol. The first kappa shape index (κ1) is 16.9. The Morgan fingerprint density at radius 2 is 1.44 bits per heavy atom. The lowest BCUT2D eigenvalue weighted by atomic mass is 10.2. The fourth-order valence-electron chi connectivity index (χ4n) is 2.19. The molecule has 3 aromatic carbocycles. The molecule has 2 N–H and O–H groups in total. The molecule has 3 aromatic rings. The SMILES string of the molecule is Cc1ccc(NC(=S)Nc2ccc(Oc3ccccc3)cc2)cc1F. The lowest BCUT2D eigenvalue weighted by Crippen LogP contribution is -2.19. The van der Waals surface area contributed by atoms with Crippen molar-refractivity contribution in [2.75, 3.05) is 10.6 Å². The predicted octanol–water partition coefficient (Wildman–Crippen LogP) is 5.74. The van der Waals surface area contributed by atoms with Crippen molar-refractivity contribution in [1.82, 2.24) is 0 Å². The summed E-state index contributed by atoms with van der Waals surface area (Å²) in [6, 6.07) is 21.9. The van der Waals surface area contributed by atoms with Gasteiger partial charge in [-0.25, -0.2) is 4.39 Å². The molecule has 0 aromatic heterocycles. The topological polar surface area (TPSA) is 33.3 Å². The summed E-state index contributed by atoms with van der Waals surface area (Å²) in [5.41, 5.74) is 2.01. The number of benzene rings is 3. The van der Waals surface area contributed by atoms with E-state index in [1.165, 1.54) is 6.07 Å². The number of halogens is 1. The highest BCUT2D eigenvalue weighted by Crippen LogP contribution is 2.22. The molecule has 0 heterocycles. The highest BCUT2D eigenvalue weighted by Gasteiger charge is 2.03. The maximum atomic E-state index is 13.6. The average molecular weight is 352 g/mol. The second-order valence-corrected chi connectivity index (χ2v) is 5.89. The van der Waals surface area contributed by atoms with Gasteiger partial charge in [-0.15, -0.1) is 0 Å². The zero-order chi connectivity index (χ0) is 17.6. The Morgan fingerprint density at radius 3 is 2.12 bits per heavy atom. The van der Waals surface area contributed by atoms with Crippen LogP contribution < -0.4 is 15.4 Å². The van der Waals surface area contributed by atoms with Crippen molar-refractivity contribution in [3.63, 3.8) is 0 Å². The second kappa shape index (κ2) is 7.77. The predicted molar refractivity (Wildman–Crippen MR) is 104 cm³/mol. The number of ether oxygens (including phenoxy) is 1. The van der Waals surface area contributed by atoms with Gasteiger partial charge in [-0.3, -0.25) is 0 Å². The van der Waals surface area contributed by atoms with E-state index in [0.29, 0.717) is 16.4 Å². The third-order valence-corrected chi connectivity index (χ3v) is 3.72. The van der Waals surface area contributed by atoms with Gasteiger partial charge in [0.1, 0.15) is 17.3 Å². The van der Waals surface area contributed by atoms with E-state index in [9.17, 15) is 4.39 Å². The number of anilines is 2. The molecule has 0 bridgehead atoms.